The Morgan fingerprint density at radius 1 is 1.45 bits per heavy atom. The summed E-state index contributed by atoms with van der Waals surface area (Å²) in [6, 6.07) is 7.58. The van der Waals surface area contributed by atoms with E-state index in [0.717, 1.165) is 6.92 Å². The first-order valence-electron chi connectivity index (χ1n) is 8.73. The molecule has 0 radical (unpaired) electrons. The van der Waals surface area contributed by atoms with Gasteiger partial charge in [-0.1, -0.05) is 0 Å². The first-order valence-corrected chi connectivity index (χ1v) is 9.88. The van der Waals surface area contributed by atoms with E-state index in [1.165, 1.54) is 41.1 Å². The molecule has 2 heterocycles. The van der Waals surface area contributed by atoms with E-state index in [4.69, 9.17) is 10.00 Å². The third kappa shape index (κ3) is 5.12. The molecule has 3 rings (SSSR count). The van der Waals surface area contributed by atoms with E-state index in [2.05, 4.69) is 16.4 Å². The molecule has 1 unspecified atom stereocenters. The maximum Gasteiger partial charge on any atom is 0.278 e. The molecule has 1 saturated heterocycles. The highest BCUT2D eigenvalue weighted by atomic mass is 32.2. The van der Waals surface area contributed by atoms with Gasteiger partial charge in [0.2, 0.25) is 5.91 Å². The van der Waals surface area contributed by atoms with Gasteiger partial charge in [-0.2, -0.15) is 5.26 Å². The number of aromatic nitrogens is 1. The van der Waals surface area contributed by atoms with E-state index in [-0.39, 0.29) is 23.8 Å². The zero-order chi connectivity index (χ0) is 21.0. The standard InChI is InChI=1S/C19H18F2N4O3S/c1-19(20,21)10-28-13-2-3-16-15(6-13)14(4-5-23-16)18(27)24-8-17(26)25-11-29-9-12(25)7-22/h2-6,12H,8-11H2,1H3,(H,24,27). The monoisotopic (exact) mass is 420 g/mol. The number of thioether (sulfide) groups is 1. The molecule has 10 heteroatoms. The summed E-state index contributed by atoms with van der Waals surface area (Å²) in [5, 5.41) is 12.0. The van der Waals surface area contributed by atoms with Gasteiger partial charge in [0.1, 0.15) is 11.8 Å². The number of hydrogen-bond donors (Lipinski definition) is 1. The van der Waals surface area contributed by atoms with Crippen molar-refractivity contribution in [1.82, 2.24) is 15.2 Å². The number of carbonyl (C=O) groups excluding carboxylic acids is 2. The lowest BCUT2D eigenvalue weighted by Gasteiger charge is -2.18. The van der Waals surface area contributed by atoms with Crippen LogP contribution in [-0.4, -0.2) is 58.4 Å². The van der Waals surface area contributed by atoms with Gasteiger partial charge in [0.15, 0.2) is 6.61 Å². The largest absolute Gasteiger partial charge is 0.487 e. The third-order valence-electron chi connectivity index (χ3n) is 4.20. The van der Waals surface area contributed by atoms with Crippen LogP contribution >= 0.6 is 11.8 Å². The van der Waals surface area contributed by atoms with Gasteiger partial charge >= 0.3 is 0 Å². The number of rotatable bonds is 6. The number of fused-ring (bicyclic) bond motifs is 1. The van der Waals surface area contributed by atoms with Crippen LogP contribution in [0.15, 0.2) is 30.5 Å². The Labute approximate surface area is 170 Å². The number of nitrogens with zero attached hydrogens (tertiary/aromatic N) is 3. The summed E-state index contributed by atoms with van der Waals surface area (Å²) in [5.74, 6) is -2.70. The summed E-state index contributed by atoms with van der Waals surface area (Å²) in [4.78, 5) is 30.5. The Hall–Kier alpha value is -2.93. The fourth-order valence-electron chi connectivity index (χ4n) is 2.77. The number of halogens is 2. The molecule has 0 aliphatic carbocycles. The number of nitriles is 1. The summed E-state index contributed by atoms with van der Waals surface area (Å²) in [7, 11) is 0. The van der Waals surface area contributed by atoms with Gasteiger partial charge in [0, 0.05) is 24.3 Å². The number of nitrogens with one attached hydrogen (secondary N) is 1. The van der Waals surface area contributed by atoms with Gasteiger partial charge in [0.25, 0.3) is 11.8 Å². The van der Waals surface area contributed by atoms with Crippen molar-refractivity contribution in [2.45, 2.75) is 18.9 Å². The minimum atomic E-state index is -2.99. The molecule has 2 amide bonds. The van der Waals surface area contributed by atoms with Crippen LogP contribution in [0.1, 0.15) is 17.3 Å². The second kappa shape index (κ2) is 8.61. The number of amides is 2. The summed E-state index contributed by atoms with van der Waals surface area (Å²) in [5.41, 5.74) is 0.726. The van der Waals surface area contributed by atoms with E-state index >= 15 is 0 Å². The number of benzene rings is 1. The quantitative estimate of drug-likeness (QED) is 0.771. The van der Waals surface area contributed by atoms with Gasteiger partial charge in [-0.05, 0) is 24.3 Å². The van der Waals surface area contributed by atoms with Gasteiger partial charge < -0.3 is 15.0 Å². The number of ether oxygens (including phenoxy) is 1. The Morgan fingerprint density at radius 3 is 2.97 bits per heavy atom. The Bertz CT molecular complexity index is 974. The minimum absolute atomic E-state index is 0.183. The normalized spacial score (nSPS) is 16.5. The summed E-state index contributed by atoms with van der Waals surface area (Å²) >= 11 is 1.48. The van der Waals surface area contributed by atoms with Crippen molar-refractivity contribution in [3.8, 4) is 11.8 Å². The van der Waals surface area contributed by atoms with Crippen LogP contribution < -0.4 is 10.1 Å². The van der Waals surface area contributed by atoms with Crippen molar-refractivity contribution >= 4 is 34.5 Å². The number of pyridine rings is 1. The molecule has 1 aliphatic heterocycles. The smallest absolute Gasteiger partial charge is 0.278 e. The molecular weight excluding hydrogens is 402 g/mol. The number of hydrogen-bond acceptors (Lipinski definition) is 6. The van der Waals surface area contributed by atoms with E-state index in [1.54, 1.807) is 6.07 Å². The highest BCUT2D eigenvalue weighted by Crippen LogP contribution is 2.24. The van der Waals surface area contributed by atoms with Crippen LogP contribution in [0.4, 0.5) is 8.78 Å². The maximum absolute atomic E-state index is 13.0. The van der Waals surface area contributed by atoms with Crippen LogP contribution in [0, 0.1) is 11.3 Å². The molecule has 1 fully saturated rings. The van der Waals surface area contributed by atoms with Crippen molar-refractivity contribution < 1.29 is 23.1 Å². The average molecular weight is 420 g/mol. The maximum atomic E-state index is 13.0. The second-order valence-corrected chi connectivity index (χ2v) is 7.59. The number of carbonyl (C=O) groups is 2. The topological polar surface area (TPSA) is 95.3 Å². The van der Waals surface area contributed by atoms with Crippen LogP contribution in [0.3, 0.4) is 0 Å². The van der Waals surface area contributed by atoms with Crippen molar-refractivity contribution in [3.05, 3.63) is 36.0 Å². The summed E-state index contributed by atoms with van der Waals surface area (Å²) < 4.78 is 31.2. The summed E-state index contributed by atoms with van der Waals surface area (Å²) in [6.45, 7) is -0.288. The minimum Gasteiger partial charge on any atom is -0.487 e. The summed E-state index contributed by atoms with van der Waals surface area (Å²) in [6.07, 6.45) is 1.45. The lowest BCUT2D eigenvalue weighted by atomic mass is 10.1. The van der Waals surface area contributed by atoms with Gasteiger partial charge in [0.05, 0.1) is 29.6 Å². The SMILES string of the molecule is CC(F)(F)COc1ccc2nccc(C(=O)NCC(=O)N3CSCC3C#N)c2c1. The molecule has 1 N–H and O–H groups in total. The Balaban J connectivity index is 1.73. The fourth-order valence-corrected chi connectivity index (χ4v) is 3.88. The first-order chi connectivity index (χ1) is 13.8. The van der Waals surface area contributed by atoms with E-state index in [0.29, 0.717) is 22.5 Å². The van der Waals surface area contributed by atoms with Crippen molar-refractivity contribution in [3.63, 3.8) is 0 Å². The predicted octanol–water partition coefficient (Wildman–Crippen LogP) is 2.42. The molecule has 0 bridgehead atoms. The van der Waals surface area contributed by atoms with E-state index in [1.807, 2.05) is 0 Å². The van der Waals surface area contributed by atoms with Gasteiger partial charge in [-0.15, -0.1) is 11.8 Å². The third-order valence-corrected chi connectivity index (χ3v) is 5.21. The van der Waals surface area contributed by atoms with Gasteiger partial charge in [-0.25, -0.2) is 8.78 Å². The highest BCUT2D eigenvalue weighted by molar-refractivity contribution is 7.99. The van der Waals surface area contributed by atoms with Crippen molar-refractivity contribution in [1.29, 1.82) is 5.26 Å². The molecule has 2 aromatic rings. The van der Waals surface area contributed by atoms with Gasteiger partial charge in [-0.3, -0.25) is 14.6 Å². The molecule has 1 aromatic carbocycles. The average Bonchev–Trinajstić information content (AvgIpc) is 3.18. The molecular formula is C19H18F2N4O3S. The number of alkyl halides is 2. The molecule has 7 nitrogen and oxygen atoms in total. The molecule has 0 saturated carbocycles. The molecule has 1 aromatic heterocycles. The van der Waals surface area contributed by atoms with Crippen molar-refractivity contribution in [2.75, 3.05) is 24.8 Å². The fraction of sp³-hybridized carbons (Fsp3) is 0.368. The van der Waals surface area contributed by atoms with Crippen LogP contribution in [0.2, 0.25) is 0 Å². The molecule has 0 spiro atoms. The molecule has 152 valence electrons. The first kappa shape index (κ1) is 20.8. The zero-order valence-corrected chi connectivity index (χ0v) is 16.3. The zero-order valence-electron chi connectivity index (χ0n) is 15.5. The Kier molecular flexibility index (Phi) is 6.17. The second-order valence-electron chi connectivity index (χ2n) is 6.59. The van der Waals surface area contributed by atoms with Crippen LogP contribution in [0.25, 0.3) is 10.9 Å². The lowest BCUT2D eigenvalue weighted by molar-refractivity contribution is -0.129. The predicted molar refractivity (Wildman–Crippen MR) is 104 cm³/mol. The van der Waals surface area contributed by atoms with Crippen LogP contribution in [0.5, 0.6) is 5.75 Å². The molecule has 29 heavy (non-hydrogen) atoms. The highest BCUT2D eigenvalue weighted by Gasteiger charge is 2.29. The van der Waals surface area contributed by atoms with E-state index in [9.17, 15) is 18.4 Å². The van der Waals surface area contributed by atoms with E-state index < -0.39 is 24.5 Å². The lowest BCUT2D eigenvalue weighted by Crippen LogP contribution is -2.42. The molecule has 1 aliphatic rings. The Morgan fingerprint density at radius 2 is 2.24 bits per heavy atom. The van der Waals surface area contributed by atoms with Crippen molar-refractivity contribution in [2.24, 2.45) is 0 Å². The molecule has 1 atom stereocenters. The van der Waals surface area contributed by atoms with Crippen LogP contribution in [-0.2, 0) is 4.79 Å².